The number of hydrogen-bond acceptors (Lipinski definition) is 1. The average Bonchev–Trinajstić information content (AvgIpc) is 3.82. The topological polar surface area (TPSA) is 27.7 Å². The molecule has 0 amide bonds. The predicted molar refractivity (Wildman–Crippen MR) is 220 cm³/mol. The molecular formula is C50H35N4Pt-. The Morgan fingerprint density at radius 3 is 1.93 bits per heavy atom. The number of nitrogens with zero attached hydrogens (tertiary/aromatic N) is 4. The molecule has 0 aliphatic carbocycles. The second-order valence-electron chi connectivity index (χ2n) is 13.5. The molecule has 5 heteroatoms. The molecule has 10 rings (SSSR count). The first-order valence-electron chi connectivity index (χ1n) is 19.6. The molecule has 4 nitrogen and oxygen atoms in total. The third-order valence-electron chi connectivity index (χ3n) is 10.6. The zero-order chi connectivity index (χ0) is 38.6. The van der Waals surface area contributed by atoms with Gasteiger partial charge in [0.15, 0.2) is 17.4 Å². The molecule has 55 heavy (non-hydrogen) atoms. The molecule has 266 valence electrons. The maximum absolute atomic E-state index is 8.31. The van der Waals surface area contributed by atoms with E-state index in [9.17, 15) is 0 Å². The normalized spacial score (nSPS) is 12.6. The van der Waals surface area contributed by atoms with Crippen LogP contribution >= 0.6 is 0 Å². The van der Waals surface area contributed by atoms with Gasteiger partial charge < -0.3 is 4.57 Å². The quantitative estimate of drug-likeness (QED) is 0.116. The van der Waals surface area contributed by atoms with Crippen molar-refractivity contribution in [1.29, 1.82) is 0 Å². The van der Waals surface area contributed by atoms with Gasteiger partial charge in [0.1, 0.15) is 5.82 Å². The first-order chi connectivity index (χ1) is 27.9. The SMILES string of the molecule is [2H]C([2H])([2H])n1[cH+]n(-c2[c-]c(C(c3[c-]c4c(cc3)c3ccccc3n4-c3cc(-c4ccccc4)ccn3)(c3ccccc3)c3ccccc3)ccc2)c2ccccc21.[Pt]. The minimum atomic E-state index is -2.36. The standard InChI is InChI=1S/C50H35N4.Pt/c1-52-35-53(47-27-14-13-26-46(47)52)42-23-15-22-40(33-42)50(38-18-7-3-8-19-38,39-20-9-4-10-21-39)41-28-29-44-43-24-11-12-25-45(43)54(48(44)34-41)49-32-37(30-31-51-49)36-16-5-2-6-17-36;/h2-32,35H,1H3;/q-1;/i1D3;. The third-order valence-corrected chi connectivity index (χ3v) is 10.6. The van der Waals surface area contributed by atoms with Gasteiger partial charge in [-0.1, -0.05) is 121 Å². The summed E-state index contributed by atoms with van der Waals surface area (Å²) in [7, 11) is 0. The van der Waals surface area contributed by atoms with E-state index in [1.165, 1.54) is 4.57 Å². The summed E-state index contributed by atoms with van der Waals surface area (Å²) >= 11 is 0. The molecule has 0 radical (unpaired) electrons. The van der Waals surface area contributed by atoms with E-state index in [1.807, 2.05) is 71.4 Å². The van der Waals surface area contributed by atoms with Crippen molar-refractivity contribution in [3.8, 4) is 22.6 Å². The Morgan fingerprint density at radius 1 is 0.564 bits per heavy atom. The fraction of sp³-hybridized carbons (Fsp3) is 0.0400. The Bertz CT molecular complexity index is 3030. The van der Waals surface area contributed by atoms with Gasteiger partial charge in [0.05, 0.1) is 0 Å². The van der Waals surface area contributed by atoms with Crippen LogP contribution in [-0.2, 0) is 33.5 Å². The smallest absolute Gasteiger partial charge is 0.188 e. The van der Waals surface area contributed by atoms with Gasteiger partial charge in [0, 0.05) is 67.1 Å². The van der Waals surface area contributed by atoms with E-state index in [1.54, 1.807) is 6.33 Å². The van der Waals surface area contributed by atoms with Gasteiger partial charge in [-0.15, -0.1) is 22.6 Å². The summed E-state index contributed by atoms with van der Waals surface area (Å²) in [5.74, 6) is 0.802. The summed E-state index contributed by atoms with van der Waals surface area (Å²) in [5.41, 5.74) is 9.27. The van der Waals surface area contributed by atoms with E-state index in [2.05, 4.69) is 138 Å². The van der Waals surface area contributed by atoms with Crippen molar-refractivity contribution >= 4 is 32.8 Å². The molecule has 0 aliphatic heterocycles. The van der Waals surface area contributed by atoms with Crippen molar-refractivity contribution in [2.24, 2.45) is 6.98 Å². The van der Waals surface area contributed by atoms with Crippen LogP contribution in [0.2, 0.25) is 0 Å². The summed E-state index contributed by atoms with van der Waals surface area (Å²) in [6.07, 6.45) is 3.54. The van der Waals surface area contributed by atoms with Gasteiger partial charge in [-0.3, -0.25) is 0 Å². The largest absolute Gasteiger partial charge is 0.319 e. The molecule has 3 aromatic heterocycles. The van der Waals surface area contributed by atoms with Crippen LogP contribution in [0, 0.1) is 12.1 Å². The zero-order valence-electron chi connectivity index (χ0n) is 32.6. The molecule has 0 atom stereocenters. The van der Waals surface area contributed by atoms with Crippen molar-refractivity contribution in [1.82, 2.24) is 18.7 Å². The van der Waals surface area contributed by atoms with Crippen LogP contribution < -0.4 is 0 Å². The second-order valence-corrected chi connectivity index (χ2v) is 13.5. The van der Waals surface area contributed by atoms with E-state index in [0.29, 0.717) is 5.52 Å². The van der Waals surface area contributed by atoms with Crippen LogP contribution in [0.1, 0.15) is 26.4 Å². The van der Waals surface area contributed by atoms with Gasteiger partial charge in [-0.05, 0) is 58.0 Å². The first-order valence-corrected chi connectivity index (χ1v) is 18.1. The number of aryl methyl sites for hydroxylation is 1. The Hall–Kier alpha value is -6.35. The Labute approximate surface area is 339 Å². The maximum atomic E-state index is 8.31. The van der Waals surface area contributed by atoms with Crippen LogP contribution in [0.4, 0.5) is 0 Å². The fourth-order valence-corrected chi connectivity index (χ4v) is 8.13. The van der Waals surface area contributed by atoms with E-state index < -0.39 is 12.4 Å². The van der Waals surface area contributed by atoms with Gasteiger partial charge in [0.2, 0.25) is 0 Å². The number of aromatic nitrogens is 4. The predicted octanol–water partition coefficient (Wildman–Crippen LogP) is 11.4. The molecule has 0 saturated carbocycles. The maximum Gasteiger partial charge on any atom is 0.188 e. The molecule has 0 aliphatic rings. The molecular weight excluding hydrogens is 852 g/mol. The van der Waals surface area contributed by atoms with E-state index in [-0.39, 0.29) is 21.1 Å². The molecule has 3 heterocycles. The van der Waals surface area contributed by atoms with Crippen LogP contribution in [0.25, 0.3) is 55.5 Å². The minimum Gasteiger partial charge on any atom is -0.319 e. The van der Waals surface area contributed by atoms with Crippen molar-refractivity contribution < 1.29 is 25.2 Å². The van der Waals surface area contributed by atoms with E-state index in [0.717, 1.165) is 72.2 Å². The van der Waals surface area contributed by atoms with Crippen LogP contribution in [0.15, 0.2) is 195 Å². The molecule has 0 spiro atoms. The average molecular weight is 890 g/mol. The number of para-hydroxylation sites is 3. The first kappa shape index (κ1) is 31.0. The summed E-state index contributed by atoms with van der Waals surface area (Å²) in [6.45, 7) is -2.36. The van der Waals surface area contributed by atoms with Gasteiger partial charge in [-0.25, -0.2) is 14.1 Å². The number of rotatable bonds is 7. The van der Waals surface area contributed by atoms with E-state index >= 15 is 0 Å². The van der Waals surface area contributed by atoms with Gasteiger partial charge >= 0.3 is 0 Å². The van der Waals surface area contributed by atoms with Crippen molar-refractivity contribution in [3.05, 3.63) is 229 Å². The van der Waals surface area contributed by atoms with Crippen LogP contribution in [0.3, 0.4) is 0 Å². The summed E-state index contributed by atoms with van der Waals surface area (Å²) in [4.78, 5) is 4.96. The number of benzene rings is 7. The Morgan fingerprint density at radius 2 is 1.20 bits per heavy atom. The monoisotopic (exact) mass is 889 g/mol. The van der Waals surface area contributed by atoms with Gasteiger partial charge in [-0.2, -0.15) is 30.3 Å². The summed E-state index contributed by atoms with van der Waals surface area (Å²) in [6, 6.07) is 70.0. The molecule has 0 unspecified atom stereocenters. The molecule has 0 fully saturated rings. The number of fused-ring (bicyclic) bond motifs is 4. The third kappa shape index (κ3) is 5.64. The van der Waals surface area contributed by atoms with E-state index in [4.69, 9.17) is 9.10 Å². The zero-order valence-corrected chi connectivity index (χ0v) is 31.9. The number of pyridine rings is 1. The molecule has 10 aromatic rings. The van der Waals surface area contributed by atoms with Crippen LogP contribution in [0.5, 0.6) is 0 Å². The molecule has 0 N–H and O–H groups in total. The molecule has 0 bridgehead atoms. The second kappa shape index (κ2) is 14.1. The van der Waals surface area contributed by atoms with Crippen molar-refractivity contribution in [2.75, 3.05) is 0 Å². The Kier molecular flexibility index (Phi) is 7.98. The molecule has 0 saturated heterocycles. The summed E-state index contributed by atoms with van der Waals surface area (Å²) in [5, 5.41) is 2.19. The molecule has 7 aromatic carbocycles. The van der Waals surface area contributed by atoms with Crippen LogP contribution in [-0.4, -0.2) is 18.7 Å². The fourth-order valence-electron chi connectivity index (χ4n) is 8.13. The number of hydrogen-bond donors (Lipinski definition) is 0. The number of imidazole rings is 1. The Balaban J connectivity index is 0.00000436. The minimum absolute atomic E-state index is 0. The van der Waals surface area contributed by atoms with Gasteiger partial charge in [0.25, 0.3) is 0 Å². The summed E-state index contributed by atoms with van der Waals surface area (Å²) < 4.78 is 30.4. The van der Waals surface area contributed by atoms with Crippen molar-refractivity contribution in [3.63, 3.8) is 0 Å². The van der Waals surface area contributed by atoms with Crippen molar-refractivity contribution in [2.45, 2.75) is 5.41 Å².